The number of benzene rings is 1. The van der Waals surface area contributed by atoms with E-state index in [0.717, 1.165) is 5.56 Å². The first kappa shape index (κ1) is 14.9. The number of nitrogens with one attached hydrogen (secondary N) is 1. The number of rotatable bonds is 4. The predicted octanol–water partition coefficient (Wildman–Crippen LogP) is 2.47. The van der Waals surface area contributed by atoms with Gasteiger partial charge in [-0.15, -0.1) is 0 Å². The van der Waals surface area contributed by atoms with Crippen LogP contribution in [0.1, 0.15) is 27.8 Å². The molecule has 2 aromatic heterocycles. The zero-order chi connectivity index (χ0) is 16.2. The fourth-order valence-electron chi connectivity index (χ4n) is 2.33. The van der Waals surface area contributed by atoms with Gasteiger partial charge in [-0.05, 0) is 29.8 Å². The van der Waals surface area contributed by atoms with Crippen LogP contribution in [-0.2, 0) is 7.05 Å². The molecule has 0 aliphatic heterocycles. The standard InChI is InChI=1S/C17H15FN4O/c1-22-11-10-20-16(22)15(12-2-4-14(18)5-3-12)21-17(23)13-6-8-19-9-7-13/h2-11,15H,1H3,(H,21,23)/t15-/m0/s1. The molecule has 0 aliphatic carbocycles. The lowest BCUT2D eigenvalue weighted by atomic mass is 10.1. The van der Waals surface area contributed by atoms with Crippen molar-refractivity contribution in [2.24, 2.45) is 7.05 Å². The molecule has 0 saturated carbocycles. The van der Waals surface area contributed by atoms with Gasteiger partial charge < -0.3 is 9.88 Å². The fraction of sp³-hybridized carbons (Fsp3) is 0.118. The van der Waals surface area contributed by atoms with Crippen LogP contribution in [0.25, 0.3) is 0 Å². The van der Waals surface area contributed by atoms with Crippen LogP contribution in [0.15, 0.2) is 61.2 Å². The van der Waals surface area contributed by atoms with Crippen molar-refractivity contribution < 1.29 is 9.18 Å². The molecule has 2 heterocycles. The van der Waals surface area contributed by atoms with Crippen molar-refractivity contribution >= 4 is 5.91 Å². The predicted molar refractivity (Wildman–Crippen MR) is 83.2 cm³/mol. The summed E-state index contributed by atoms with van der Waals surface area (Å²) >= 11 is 0. The molecule has 6 heteroatoms. The van der Waals surface area contributed by atoms with Crippen molar-refractivity contribution in [2.75, 3.05) is 0 Å². The molecule has 116 valence electrons. The summed E-state index contributed by atoms with van der Waals surface area (Å²) < 4.78 is 15.0. The van der Waals surface area contributed by atoms with Gasteiger partial charge in [0.25, 0.3) is 5.91 Å². The number of aryl methyl sites for hydroxylation is 1. The molecule has 0 unspecified atom stereocenters. The number of hydrogen-bond acceptors (Lipinski definition) is 3. The van der Waals surface area contributed by atoms with Gasteiger partial charge in [0.2, 0.25) is 0 Å². The zero-order valence-corrected chi connectivity index (χ0v) is 12.5. The Bertz CT molecular complexity index is 799. The Kier molecular flexibility index (Phi) is 4.14. The van der Waals surface area contributed by atoms with E-state index in [1.807, 2.05) is 11.6 Å². The first-order valence-electron chi connectivity index (χ1n) is 7.09. The second kappa shape index (κ2) is 6.39. The maximum atomic E-state index is 13.2. The lowest BCUT2D eigenvalue weighted by Gasteiger charge is -2.19. The zero-order valence-electron chi connectivity index (χ0n) is 12.5. The Hall–Kier alpha value is -3.02. The molecular weight excluding hydrogens is 295 g/mol. The van der Waals surface area contributed by atoms with Crippen LogP contribution in [0.3, 0.4) is 0 Å². The van der Waals surface area contributed by atoms with Gasteiger partial charge in [-0.25, -0.2) is 9.37 Å². The number of amides is 1. The molecule has 3 rings (SSSR count). The highest BCUT2D eigenvalue weighted by atomic mass is 19.1. The van der Waals surface area contributed by atoms with Crippen LogP contribution in [0.4, 0.5) is 4.39 Å². The first-order valence-corrected chi connectivity index (χ1v) is 7.09. The van der Waals surface area contributed by atoms with Crippen LogP contribution in [0.2, 0.25) is 0 Å². The Morgan fingerprint density at radius 3 is 2.43 bits per heavy atom. The topological polar surface area (TPSA) is 59.8 Å². The molecule has 23 heavy (non-hydrogen) atoms. The summed E-state index contributed by atoms with van der Waals surface area (Å²) in [5.41, 5.74) is 1.25. The van der Waals surface area contributed by atoms with Gasteiger partial charge in [0.15, 0.2) is 0 Å². The number of nitrogens with zero attached hydrogens (tertiary/aromatic N) is 3. The number of carbonyl (C=O) groups excluding carboxylic acids is 1. The van der Waals surface area contributed by atoms with Gasteiger partial charge >= 0.3 is 0 Å². The molecular formula is C17H15FN4O. The second-order valence-electron chi connectivity index (χ2n) is 5.09. The monoisotopic (exact) mass is 310 g/mol. The third kappa shape index (κ3) is 3.26. The lowest BCUT2D eigenvalue weighted by Crippen LogP contribution is -2.31. The quantitative estimate of drug-likeness (QED) is 0.805. The number of aromatic nitrogens is 3. The van der Waals surface area contributed by atoms with Crippen LogP contribution in [-0.4, -0.2) is 20.4 Å². The number of pyridine rings is 1. The van der Waals surface area contributed by atoms with Gasteiger partial charge in [0.1, 0.15) is 17.7 Å². The maximum absolute atomic E-state index is 13.2. The minimum Gasteiger partial charge on any atom is -0.338 e. The summed E-state index contributed by atoms with van der Waals surface area (Å²) in [6.45, 7) is 0. The Labute approximate surface area is 132 Å². The maximum Gasteiger partial charge on any atom is 0.252 e. The fourth-order valence-corrected chi connectivity index (χ4v) is 2.33. The molecule has 0 aliphatic rings. The van der Waals surface area contributed by atoms with Gasteiger partial charge in [0, 0.05) is 37.4 Å². The molecule has 0 fully saturated rings. The summed E-state index contributed by atoms with van der Waals surface area (Å²) in [6, 6.07) is 8.80. The average Bonchev–Trinajstić information content (AvgIpc) is 3.00. The molecule has 1 atom stereocenters. The number of imidazole rings is 1. The Morgan fingerprint density at radius 2 is 1.83 bits per heavy atom. The highest BCUT2D eigenvalue weighted by Gasteiger charge is 2.21. The third-order valence-electron chi connectivity index (χ3n) is 3.54. The summed E-state index contributed by atoms with van der Waals surface area (Å²) in [5.74, 6) is 0.0940. The van der Waals surface area contributed by atoms with E-state index in [2.05, 4.69) is 15.3 Å². The molecule has 1 amide bonds. The molecule has 0 radical (unpaired) electrons. The lowest BCUT2D eigenvalue weighted by molar-refractivity contribution is 0.0941. The van der Waals surface area contributed by atoms with E-state index in [1.54, 1.807) is 49.1 Å². The van der Waals surface area contributed by atoms with Gasteiger partial charge in [-0.3, -0.25) is 9.78 Å². The summed E-state index contributed by atoms with van der Waals surface area (Å²) in [5, 5.41) is 2.94. The van der Waals surface area contributed by atoms with Crippen molar-refractivity contribution in [3.8, 4) is 0 Å². The van der Waals surface area contributed by atoms with E-state index >= 15 is 0 Å². The summed E-state index contributed by atoms with van der Waals surface area (Å²) in [4.78, 5) is 20.7. The van der Waals surface area contributed by atoms with Crippen molar-refractivity contribution in [3.63, 3.8) is 0 Å². The second-order valence-corrected chi connectivity index (χ2v) is 5.09. The van der Waals surface area contributed by atoms with Crippen molar-refractivity contribution in [3.05, 3.63) is 84.0 Å². The van der Waals surface area contributed by atoms with Crippen LogP contribution < -0.4 is 5.32 Å². The Balaban J connectivity index is 1.94. The van der Waals surface area contributed by atoms with Gasteiger partial charge in [-0.1, -0.05) is 12.1 Å². The largest absolute Gasteiger partial charge is 0.338 e. The highest BCUT2D eigenvalue weighted by molar-refractivity contribution is 5.94. The molecule has 0 bridgehead atoms. The number of carbonyl (C=O) groups is 1. The third-order valence-corrected chi connectivity index (χ3v) is 3.54. The van der Waals surface area contributed by atoms with E-state index in [0.29, 0.717) is 11.4 Å². The summed E-state index contributed by atoms with van der Waals surface area (Å²) in [7, 11) is 1.84. The molecule has 0 saturated heterocycles. The van der Waals surface area contributed by atoms with Crippen LogP contribution >= 0.6 is 0 Å². The molecule has 0 spiro atoms. The van der Waals surface area contributed by atoms with Crippen molar-refractivity contribution in [2.45, 2.75) is 6.04 Å². The smallest absolute Gasteiger partial charge is 0.252 e. The highest BCUT2D eigenvalue weighted by Crippen LogP contribution is 2.21. The molecule has 5 nitrogen and oxygen atoms in total. The molecule has 3 aromatic rings. The van der Waals surface area contributed by atoms with Gasteiger partial charge in [-0.2, -0.15) is 0 Å². The van der Waals surface area contributed by atoms with E-state index in [4.69, 9.17) is 0 Å². The van der Waals surface area contributed by atoms with Crippen molar-refractivity contribution in [1.29, 1.82) is 0 Å². The van der Waals surface area contributed by atoms with Gasteiger partial charge in [0.05, 0.1) is 0 Å². The number of halogens is 1. The van der Waals surface area contributed by atoms with E-state index in [1.165, 1.54) is 12.1 Å². The first-order chi connectivity index (χ1) is 11.1. The van der Waals surface area contributed by atoms with Crippen LogP contribution in [0.5, 0.6) is 0 Å². The Morgan fingerprint density at radius 1 is 1.13 bits per heavy atom. The SMILES string of the molecule is Cn1ccnc1[C@@H](NC(=O)c1ccncc1)c1ccc(F)cc1. The molecule has 1 aromatic carbocycles. The average molecular weight is 310 g/mol. The normalized spacial score (nSPS) is 11.9. The number of hydrogen-bond donors (Lipinski definition) is 1. The minimum atomic E-state index is -0.476. The van der Waals surface area contributed by atoms with E-state index in [-0.39, 0.29) is 11.7 Å². The van der Waals surface area contributed by atoms with E-state index < -0.39 is 6.04 Å². The molecule has 1 N–H and O–H groups in total. The van der Waals surface area contributed by atoms with E-state index in [9.17, 15) is 9.18 Å². The van der Waals surface area contributed by atoms with Crippen molar-refractivity contribution in [1.82, 2.24) is 19.9 Å². The minimum absolute atomic E-state index is 0.246. The van der Waals surface area contributed by atoms with Crippen LogP contribution in [0, 0.1) is 5.82 Å². The summed E-state index contributed by atoms with van der Waals surface area (Å²) in [6.07, 6.45) is 6.57.